The van der Waals surface area contributed by atoms with Crippen LogP contribution in [0.3, 0.4) is 0 Å². The minimum absolute atomic E-state index is 0.0709. The first kappa shape index (κ1) is 15.5. The molecule has 0 heterocycles. The zero-order valence-electron chi connectivity index (χ0n) is 12.2. The molecule has 0 saturated heterocycles. The third-order valence-electron chi connectivity index (χ3n) is 2.98. The molecule has 0 unspecified atom stereocenters. The first-order chi connectivity index (χ1) is 10.6. The van der Waals surface area contributed by atoms with Crippen LogP contribution in [0.1, 0.15) is 5.56 Å². The molecule has 6 heteroatoms. The van der Waals surface area contributed by atoms with Gasteiger partial charge in [-0.15, -0.1) is 0 Å². The molecule has 0 bridgehead atoms. The number of aryl methyl sites for hydroxylation is 1. The van der Waals surface area contributed by atoms with Gasteiger partial charge in [0.25, 0.3) is 0 Å². The van der Waals surface area contributed by atoms with Crippen LogP contribution in [0.4, 0.5) is 21.9 Å². The monoisotopic (exact) mass is 298 g/mol. The van der Waals surface area contributed by atoms with Crippen molar-refractivity contribution in [3.8, 4) is 0 Å². The quantitative estimate of drug-likeness (QED) is 0.698. The second-order valence-electron chi connectivity index (χ2n) is 4.73. The minimum Gasteiger partial charge on any atom is -0.325 e. The molecule has 22 heavy (non-hydrogen) atoms. The van der Waals surface area contributed by atoms with Gasteiger partial charge in [-0.3, -0.25) is 4.79 Å². The first-order valence-corrected chi connectivity index (χ1v) is 6.82. The lowest BCUT2D eigenvalue weighted by Gasteiger charge is -2.12. The summed E-state index contributed by atoms with van der Waals surface area (Å²) in [4.78, 5) is 23.2. The van der Waals surface area contributed by atoms with E-state index >= 15 is 0 Å². The summed E-state index contributed by atoms with van der Waals surface area (Å²) in [6.45, 7) is 1.77. The van der Waals surface area contributed by atoms with Gasteiger partial charge in [0.1, 0.15) is 0 Å². The van der Waals surface area contributed by atoms with E-state index in [0.717, 1.165) is 5.56 Å². The van der Waals surface area contributed by atoms with E-state index in [0.29, 0.717) is 17.1 Å². The molecule has 114 valence electrons. The Balaban J connectivity index is 2.00. The van der Waals surface area contributed by atoms with Crippen LogP contribution in [0.25, 0.3) is 0 Å². The summed E-state index contributed by atoms with van der Waals surface area (Å²) >= 11 is 0. The highest BCUT2D eigenvalue weighted by Gasteiger charge is 2.06. The largest absolute Gasteiger partial charge is 0.325 e. The lowest BCUT2D eigenvalue weighted by atomic mass is 10.1. The van der Waals surface area contributed by atoms with Crippen molar-refractivity contribution in [2.24, 2.45) is 5.73 Å². The number of nitrogens with one attached hydrogen (secondary N) is 3. The van der Waals surface area contributed by atoms with Gasteiger partial charge >= 0.3 is 6.03 Å². The van der Waals surface area contributed by atoms with Gasteiger partial charge in [-0.1, -0.05) is 18.2 Å². The highest BCUT2D eigenvalue weighted by Crippen LogP contribution is 2.20. The standard InChI is InChI=1S/C16H18N4O2/c1-11-9-13(18-15(21)10-17)7-8-14(11)20-16(22)19-12-5-3-2-4-6-12/h2-9H,10,17H2,1H3,(H,18,21)(H2,19,20,22). The van der Waals surface area contributed by atoms with Gasteiger partial charge in [-0.25, -0.2) is 4.79 Å². The number of urea groups is 1. The molecule has 2 rings (SSSR count). The molecular formula is C16H18N4O2. The number of hydrogen-bond donors (Lipinski definition) is 4. The van der Waals surface area contributed by atoms with E-state index in [9.17, 15) is 9.59 Å². The normalized spacial score (nSPS) is 9.91. The Labute approximate surface area is 128 Å². The second kappa shape index (κ2) is 7.24. The smallest absolute Gasteiger partial charge is 0.323 e. The summed E-state index contributed by atoms with van der Waals surface area (Å²) in [5.74, 6) is -0.262. The summed E-state index contributed by atoms with van der Waals surface area (Å²) in [7, 11) is 0. The van der Waals surface area contributed by atoms with Crippen molar-refractivity contribution in [2.75, 3.05) is 22.5 Å². The van der Waals surface area contributed by atoms with E-state index in [-0.39, 0.29) is 18.5 Å². The van der Waals surface area contributed by atoms with E-state index in [1.807, 2.05) is 25.1 Å². The number of para-hydroxylation sites is 1. The van der Waals surface area contributed by atoms with Crippen molar-refractivity contribution in [1.29, 1.82) is 0 Å². The fourth-order valence-electron chi connectivity index (χ4n) is 1.90. The Morgan fingerprint density at radius 2 is 1.68 bits per heavy atom. The van der Waals surface area contributed by atoms with Gasteiger partial charge in [0.15, 0.2) is 0 Å². The van der Waals surface area contributed by atoms with Crippen molar-refractivity contribution in [3.63, 3.8) is 0 Å². The van der Waals surface area contributed by atoms with Crippen LogP contribution in [0.5, 0.6) is 0 Å². The van der Waals surface area contributed by atoms with E-state index in [1.165, 1.54) is 0 Å². The lowest BCUT2D eigenvalue weighted by molar-refractivity contribution is -0.114. The molecule has 0 aliphatic heterocycles. The molecule has 0 fully saturated rings. The van der Waals surface area contributed by atoms with Crippen molar-refractivity contribution >= 4 is 29.0 Å². The number of nitrogens with two attached hydrogens (primary N) is 1. The number of rotatable bonds is 4. The minimum atomic E-state index is -0.326. The van der Waals surface area contributed by atoms with Crippen molar-refractivity contribution in [3.05, 3.63) is 54.1 Å². The number of carbonyl (C=O) groups excluding carboxylic acids is 2. The van der Waals surface area contributed by atoms with Crippen molar-refractivity contribution < 1.29 is 9.59 Å². The molecule has 3 amide bonds. The fraction of sp³-hybridized carbons (Fsp3) is 0.125. The molecule has 6 nitrogen and oxygen atoms in total. The molecule has 0 saturated carbocycles. The predicted octanol–water partition coefficient (Wildman–Crippen LogP) is 2.54. The summed E-state index contributed by atoms with van der Waals surface area (Å²) in [5.41, 5.74) is 8.10. The maximum atomic E-state index is 11.9. The number of amides is 3. The number of hydrogen-bond acceptors (Lipinski definition) is 3. The third-order valence-corrected chi connectivity index (χ3v) is 2.98. The summed E-state index contributed by atoms with van der Waals surface area (Å²) in [6, 6.07) is 14.0. The molecule has 0 spiro atoms. The van der Waals surface area contributed by atoms with Crippen molar-refractivity contribution in [2.45, 2.75) is 6.92 Å². The average molecular weight is 298 g/mol. The Kier molecular flexibility index (Phi) is 5.11. The number of carbonyl (C=O) groups is 2. The first-order valence-electron chi connectivity index (χ1n) is 6.82. The molecule has 2 aromatic carbocycles. The van der Waals surface area contributed by atoms with Gasteiger partial charge in [0, 0.05) is 17.1 Å². The topological polar surface area (TPSA) is 96.2 Å². The Bertz CT molecular complexity index is 671. The molecule has 0 atom stereocenters. The highest BCUT2D eigenvalue weighted by molar-refractivity contribution is 6.00. The van der Waals surface area contributed by atoms with Gasteiger partial charge in [0.05, 0.1) is 6.54 Å². The number of anilines is 3. The number of benzene rings is 2. The van der Waals surface area contributed by atoms with Crippen LogP contribution in [0.2, 0.25) is 0 Å². The summed E-state index contributed by atoms with van der Waals surface area (Å²) in [6.07, 6.45) is 0. The van der Waals surface area contributed by atoms with E-state index in [2.05, 4.69) is 16.0 Å². The van der Waals surface area contributed by atoms with Crippen LogP contribution in [0, 0.1) is 6.92 Å². The third kappa shape index (κ3) is 4.32. The highest BCUT2D eigenvalue weighted by atomic mass is 16.2. The molecule has 5 N–H and O–H groups in total. The van der Waals surface area contributed by atoms with Gasteiger partial charge < -0.3 is 21.7 Å². The fourth-order valence-corrected chi connectivity index (χ4v) is 1.90. The molecule has 0 radical (unpaired) electrons. The SMILES string of the molecule is Cc1cc(NC(=O)CN)ccc1NC(=O)Nc1ccccc1. The second-order valence-corrected chi connectivity index (χ2v) is 4.73. The van der Waals surface area contributed by atoms with Gasteiger partial charge in [-0.2, -0.15) is 0 Å². The van der Waals surface area contributed by atoms with Crippen LogP contribution >= 0.6 is 0 Å². The molecule has 0 aliphatic carbocycles. The maximum absolute atomic E-state index is 11.9. The van der Waals surface area contributed by atoms with Crippen LogP contribution in [-0.4, -0.2) is 18.5 Å². The summed E-state index contributed by atoms with van der Waals surface area (Å²) < 4.78 is 0. The Morgan fingerprint density at radius 3 is 2.32 bits per heavy atom. The van der Waals surface area contributed by atoms with Crippen LogP contribution in [0.15, 0.2) is 48.5 Å². The Morgan fingerprint density at radius 1 is 0.955 bits per heavy atom. The van der Waals surface area contributed by atoms with Crippen molar-refractivity contribution in [1.82, 2.24) is 0 Å². The van der Waals surface area contributed by atoms with Gasteiger partial charge in [-0.05, 0) is 42.8 Å². The molecule has 0 aliphatic rings. The van der Waals surface area contributed by atoms with E-state index in [4.69, 9.17) is 5.73 Å². The van der Waals surface area contributed by atoms with Gasteiger partial charge in [0.2, 0.25) is 5.91 Å². The van der Waals surface area contributed by atoms with Crippen LogP contribution < -0.4 is 21.7 Å². The van der Waals surface area contributed by atoms with E-state index < -0.39 is 0 Å². The maximum Gasteiger partial charge on any atom is 0.323 e. The average Bonchev–Trinajstić information content (AvgIpc) is 2.51. The zero-order chi connectivity index (χ0) is 15.9. The lowest BCUT2D eigenvalue weighted by Crippen LogP contribution is -2.22. The Hall–Kier alpha value is -2.86. The summed E-state index contributed by atoms with van der Waals surface area (Å²) in [5, 5.41) is 8.16. The zero-order valence-corrected chi connectivity index (χ0v) is 12.2. The predicted molar refractivity (Wildman–Crippen MR) is 87.9 cm³/mol. The molecule has 2 aromatic rings. The van der Waals surface area contributed by atoms with E-state index in [1.54, 1.807) is 30.3 Å². The van der Waals surface area contributed by atoms with Crippen LogP contribution in [-0.2, 0) is 4.79 Å². The molecular weight excluding hydrogens is 280 g/mol. The molecule has 0 aromatic heterocycles.